The highest BCUT2D eigenvalue weighted by atomic mass is 32.1. The van der Waals surface area contributed by atoms with Crippen LogP contribution in [-0.2, 0) is 13.0 Å². The fourth-order valence-corrected chi connectivity index (χ4v) is 5.18. The summed E-state index contributed by atoms with van der Waals surface area (Å²) in [5.41, 5.74) is 2.54. The lowest BCUT2D eigenvalue weighted by atomic mass is 9.94. The zero-order valence-electron chi connectivity index (χ0n) is 21.3. The predicted octanol–water partition coefficient (Wildman–Crippen LogP) is 4.81. The second kappa shape index (κ2) is 12.1. The molecule has 2 N–H and O–H groups in total. The number of benzene rings is 2. The van der Waals surface area contributed by atoms with Crippen LogP contribution in [0.2, 0.25) is 0 Å². The number of H-pyrrole nitrogens is 1. The van der Waals surface area contributed by atoms with Crippen LogP contribution in [0.4, 0.5) is 0 Å². The molecule has 0 spiro atoms. The molecule has 8 heteroatoms. The van der Waals surface area contributed by atoms with Gasteiger partial charge in [0.1, 0.15) is 5.75 Å². The minimum Gasteiger partial charge on any atom is -0.497 e. The molecule has 1 saturated carbocycles. The summed E-state index contributed by atoms with van der Waals surface area (Å²) in [6.07, 6.45) is 6.56. The van der Waals surface area contributed by atoms with Gasteiger partial charge in [0, 0.05) is 29.1 Å². The molecule has 1 fully saturated rings. The van der Waals surface area contributed by atoms with Crippen molar-refractivity contribution >= 4 is 28.2 Å². The summed E-state index contributed by atoms with van der Waals surface area (Å²) in [5, 5.41) is 5.07. The van der Waals surface area contributed by atoms with Gasteiger partial charge < -0.3 is 29.4 Å². The smallest absolute Gasteiger partial charge is 0.253 e. The Morgan fingerprint density at radius 2 is 1.78 bits per heavy atom. The Bertz CT molecular complexity index is 1250. The quantitative estimate of drug-likeness (QED) is 0.401. The minimum atomic E-state index is -0.0818. The first-order valence-corrected chi connectivity index (χ1v) is 12.9. The Kier molecular flexibility index (Phi) is 8.70. The van der Waals surface area contributed by atoms with E-state index in [2.05, 4.69) is 15.2 Å². The second-order valence-corrected chi connectivity index (χ2v) is 9.55. The molecule has 0 amide bonds. The van der Waals surface area contributed by atoms with E-state index in [1.807, 2.05) is 42.5 Å². The summed E-state index contributed by atoms with van der Waals surface area (Å²) in [4.78, 5) is 18.2. The maximum Gasteiger partial charge on any atom is 0.253 e. The van der Waals surface area contributed by atoms with Gasteiger partial charge in [0.25, 0.3) is 5.56 Å². The Morgan fingerprint density at radius 3 is 2.50 bits per heavy atom. The Morgan fingerprint density at radius 1 is 1.00 bits per heavy atom. The first-order chi connectivity index (χ1) is 17.5. The van der Waals surface area contributed by atoms with Gasteiger partial charge in [0.2, 0.25) is 0 Å². The number of ether oxygens (including phenoxy) is 3. The van der Waals surface area contributed by atoms with Gasteiger partial charge in [0.05, 0.1) is 27.9 Å². The van der Waals surface area contributed by atoms with Crippen molar-refractivity contribution in [3.63, 3.8) is 0 Å². The van der Waals surface area contributed by atoms with Gasteiger partial charge in [-0.05, 0) is 73.4 Å². The standard InChI is InChI=1S/C28H35N3O4S/c1-33-23-10-11-24-20(17-23)16-21(27(32)30-24)18-31(22-7-5-4-6-8-22)28(36)29-14-13-19-9-12-25(34-2)26(15-19)35-3/h9-12,15-17,22H,4-8,13-14,18H2,1-3H3,(H,29,36)(H,30,32). The molecule has 3 aromatic rings. The lowest BCUT2D eigenvalue weighted by molar-refractivity contribution is 0.234. The van der Waals surface area contributed by atoms with Crippen LogP contribution >= 0.6 is 12.2 Å². The summed E-state index contributed by atoms with van der Waals surface area (Å²) < 4.78 is 16.1. The largest absolute Gasteiger partial charge is 0.497 e. The molecule has 1 heterocycles. The number of aromatic nitrogens is 1. The lowest BCUT2D eigenvalue weighted by Gasteiger charge is -2.36. The van der Waals surface area contributed by atoms with Crippen molar-refractivity contribution < 1.29 is 14.2 Å². The fourth-order valence-electron chi connectivity index (χ4n) is 4.87. The van der Waals surface area contributed by atoms with Crippen LogP contribution < -0.4 is 25.1 Å². The molecule has 0 atom stereocenters. The highest BCUT2D eigenvalue weighted by molar-refractivity contribution is 7.80. The maximum atomic E-state index is 12.9. The van der Waals surface area contributed by atoms with Crippen molar-refractivity contribution in [2.45, 2.75) is 51.1 Å². The highest BCUT2D eigenvalue weighted by Crippen LogP contribution is 2.28. The summed E-state index contributed by atoms with van der Waals surface area (Å²) in [7, 11) is 4.92. The summed E-state index contributed by atoms with van der Waals surface area (Å²) in [5.74, 6) is 2.19. The lowest BCUT2D eigenvalue weighted by Crippen LogP contribution is -2.47. The molecule has 7 nitrogen and oxygen atoms in total. The van der Waals surface area contributed by atoms with Crippen molar-refractivity contribution in [3.05, 3.63) is 63.9 Å². The van der Waals surface area contributed by atoms with Crippen LogP contribution in [0.1, 0.15) is 43.2 Å². The third-order valence-corrected chi connectivity index (χ3v) is 7.26. The topological polar surface area (TPSA) is 75.8 Å². The zero-order chi connectivity index (χ0) is 25.5. The van der Waals surface area contributed by atoms with Crippen LogP contribution in [0.3, 0.4) is 0 Å². The van der Waals surface area contributed by atoms with Crippen LogP contribution in [-0.4, -0.2) is 48.9 Å². The van der Waals surface area contributed by atoms with Crippen LogP contribution in [0.5, 0.6) is 17.2 Å². The number of pyridine rings is 1. The molecule has 0 unspecified atom stereocenters. The molecular formula is C28H35N3O4S. The van der Waals surface area contributed by atoms with Crippen molar-refractivity contribution in [1.82, 2.24) is 15.2 Å². The molecule has 0 radical (unpaired) electrons. The molecule has 4 rings (SSSR count). The maximum absolute atomic E-state index is 12.9. The van der Waals surface area contributed by atoms with E-state index in [9.17, 15) is 4.79 Å². The molecule has 2 aromatic carbocycles. The van der Waals surface area contributed by atoms with Crippen molar-refractivity contribution in [2.24, 2.45) is 0 Å². The zero-order valence-corrected chi connectivity index (χ0v) is 22.1. The van der Waals surface area contributed by atoms with Crippen molar-refractivity contribution in [1.29, 1.82) is 0 Å². The number of nitrogens with one attached hydrogen (secondary N) is 2. The van der Waals surface area contributed by atoms with Crippen LogP contribution in [0, 0.1) is 0 Å². The normalized spacial score (nSPS) is 13.9. The van der Waals surface area contributed by atoms with E-state index in [1.165, 1.54) is 19.3 Å². The summed E-state index contributed by atoms with van der Waals surface area (Å²) in [6, 6.07) is 13.9. The average Bonchev–Trinajstić information content (AvgIpc) is 2.91. The molecule has 0 saturated heterocycles. The SMILES string of the molecule is COc1ccc2[nH]c(=O)c(CN(C(=S)NCCc3ccc(OC)c(OC)c3)C3CCCCC3)cc2c1. The number of hydrogen-bond donors (Lipinski definition) is 2. The number of hydrogen-bond acceptors (Lipinski definition) is 5. The van der Waals surface area contributed by atoms with Crippen molar-refractivity contribution in [3.8, 4) is 17.2 Å². The van der Waals surface area contributed by atoms with E-state index in [0.717, 1.165) is 41.5 Å². The number of methoxy groups -OCH3 is 3. The molecule has 0 bridgehead atoms. The number of aromatic amines is 1. The summed E-state index contributed by atoms with van der Waals surface area (Å²) >= 11 is 5.88. The number of rotatable bonds is 9. The number of nitrogens with zero attached hydrogens (tertiary/aromatic N) is 1. The Hall–Kier alpha value is -3.26. The van der Waals surface area contributed by atoms with Crippen LogP contribution in [0.15, 0.2) is 47.3 Å². The monoisotopic (exact) mass is 509 g/mol. The Balaban J connectivity index is 1.49. The van der Waals surface area contributed by atoms with Crippen molar-refractivity contribution in [2.75, 3.05) is 27.9 Å². The molecule has 1 aliphatic carbocycles. The van der Waals surface area contributed by atoms with E-state index >= 15 is 0 Å². The second-order valence-electron chi connectivity index (χ2n) is 9.17. The first kappa shape index (κ1) is 25.8. The number of thiocarbonyl (C=S) groups is 1. The van der Waals surface area contributed by atoms with Crippen LogP contribution in [0.25, 0.3) is 10.9 Å². The molecular weight excluding hydrogens is 474 g/mol. The van der Waals surface area contributed by atoms with Gasteiger partial charge in [-0.3, -0.25) is 4.79 Å². The fraction of sp³-hybridized carbons (Fsp3) is 0.429. The minimum absolute atomic E-state index is 0.0818. The van der Waals surface area contributed by atoms with Gasteiger partial charge in [-0.25, -0.2) is 0 Å². The first-order valence-electron chi connectivity index (χ1n) is 12.5. The third-order valence-electron chi connectivity index (χ3n) is 6.88. The van der Waals surface area contributed by atoms with E-state index < -0.39 is 0 Å². The van der Waals surface area contributed by atoms with Gasteiger partial charge >= 0.3 is 0 Å². The molecule has 1 aromatic heterocycles. The molecule has 36 heavy (non-hydrogen) atoms. The van der Waals surface area contributed by atoms with Gasteiger partial charge in [-0.15, -0.1) is 0 Å². The van der Waals surface area contributed by atoms with E-state index in [1.54, 1.807) is 21.3 Å². The molecule has 0 aliphatic heterocycles. The average molecular weight is 510 g/mol. The van der Waals surface area contributed by atoms with E-state index in [0.29, 0.717) is 41.3 Å². The van der Waals surface area contributed by atoms with Gasteiger partial charge in [-0.1, -0.05) is 25.3 Å². The molecule has 1 aliphatic rings. The van der Waals surface area contributed by atoms with E-state index in [-0.39, 0.29) is 5.56 Å². The Labute approximate surface area is 217 Å². The molecule has 192 valence electrons. The number of fused-ring (bicyclic) bond motifs is 1. The van der Waals surface area contributed by atoms with Gasteiger partial charge in [-0.2, -0.15) is 0 Å². The highest BCUT2D eigenvalue weighted by Gasteiger charge is 2.24. The van der Waals surface area contributed by atoms with E-state index in [4.69, 9.17) is 26.4 Å². The third kappa shape index (κ3) is 6.10. The van der Waals surface area contributed by atoms with Gasteiger partial charge in [0.15, 0.2) is 16.6 Å². The summed E-state index contributed by atoms with van der Waals surface area (Å²) in [6.45, 7) is 1.15. The predicted molar refractivity (Wildman–Crippen MR) is 147 cm³/mol.